The molecule has 2 N–H and O–H groups in total. The Balaban J connectivity index is 2.09. The fraction of sp³-hybridized carbons (Fsp3) is 0.909. The predicted molar refractivity (Wildman–Crippen MR) is 65.2 cm³/mol. The molecular formula is C11H20N2O3S. The molecule has 98 valence electrons. The van der Waals surface area contributed by atoms with Gasteiger partial charge in [-0.1, -0.05) is 0 Å². The van der Waals surface area contributed by atoms with E-state index >= 15 is 0 Å². The molecule has 6 heteroatoms. The molecule has 5 nitrogen and oxygen atoms in total. The first kappa shape index (κ1) is 12.8. The summed E-state index contributed by atoms with van der Waals surface area (Å²) < 4.78 is 22.9. The van der Waals surface area contributed by atoms with E-state index < -0.39 is 15.4 Å². The number of nitrogens with two attached hydrogens (primary N) is 1. The van der Waals surface area contributed by atoms with Crippen molar-refractivity contribution in [1.82, 2.24) is 4.90 Å². The van der Waals surface area contributed by atoms with Crippen molar-refractivity contribution in [3.63, 3.8) is 0 Å². The average molecular weight is 260 g/mol. The molecule has 1 atom stereocenters. The van der Waals surface area contributed by atoms with Gasteiger partial charge in [-0.25, -0.2) is 8.42 Å². The topological polar surface area (TPSA) is 80.5 Å². The van der Waals surface area contributed by atoms with Gasteiger partial charge in [-0.3, -0.25) is 4.79 Å². The summed E-state index contributed by atoms with van der Waals surface area (Å²) in [6, 6.07) is -0.168. The number of nitrogens with zero attached hydrogens (tertiary/aromatic N) is 1. The number of hydrogen-bond donors (Lipinski definition) is 1. The second-order valence-electron chi connectivity index (χ2n) is 5.16. The highest BCUT2D eigenvalue weighted by molar-refractivity contribution is 7.91. The van der Waals surface area contributed by atoms with Crippen LogP contribution in [0.4, 0.5) is 0 Å². The molecule has 0 aromatic carbocycles. The summed E-state index contributed by atoms with van der Waals surface area (Å²) in [5.41, 5.74) is 5.30. The highest BCUT2D eigenvalue weighted by Gasteiger charge is 2.45. The minimum absolute atomic E-state index is 0.0617. The van der Waals surface area contributed by atoms with Crippen molar-refractivity contribution in [2.45, 2.75) is 44.2 Å². The highest BCUT2D eigenvalue weighted by Crippen LogP contribution is 2.32. The van der Waals surface area contributed by atoms with Crippen LogP contribution in [0.2, 0.25) is 0 Å². The Labute approximate surface area is 102 Å². The molecule has 0 radical (unpaired) electrons. The van der Waals surface area contributed by atoms with Gasteiger partial charge in [-0.15, -0.1) is 0 Å². The van der Waals surface area contributed by atoms with Gasteiger partial charge in [-0.2, -0.15) is 0 Å². The first-order valence-electron chi connectivity index (χ1n) is 6.18. The van der Waals surface area contributed by atoms with E-state index in [9.17, 15) is 13.2 Å². The van der Waals surface area contributed by atoms with Gasteiger partial charge in [0.2, 0.25) is 5.91 Å². The summed E-state index contributed by atoms with van der Waals surface area (Å²) in [4.78, 5) is 14.0. The maximum Gasteiger partial charge on any atom is 0.242 e. The fourth-order valence-corrected chi connectivity index (χ4v) is 4.38. The molecule has 0 spiro atoms. The van der Waals surface area contributed by atoms with E-state index in [1.54, 1.807) is 4.90 Å². The number of likely N-dealkylation sites (N-methyl/N-ethyl adjacent to an activating group) is 1. The molecule has 1 heterocycles. The van der Waals surface area contributed by atoms with Gasteiger partial charge in [0.25, 0.3) is 0 Å². The predicted octanol–water partition coefficient (Wildman–Crippen LogP) is -0.0966. The van der Waals surface area contributed by atoms with Crippen LogP contribution in [-0.4, -0.2) is 48.9 Å². The van der Waals surface area contributed by atoms with Crippen molar-refractivity contribution in [3.05, 3.63) is 0 Å². The Morgan fingerprint density at radius 3 is 2.47 bits per heavy atom. The molecule has 1 aliphatic heterocycles. The van der Waals surface area contributed by atoms with Gasteiger partial charge in [-0.05, 0) is 32.6 Å². The number of carbonyl (C=O) groups is 1. The SMILES string of the molecule is CCN(C(=O)C1(N)CCC1)C1CCS(=O)(=O)C1. The number of carbonyl (C=O) groups excluding carboxylic acids is 1. The van der Waals surface area contributed by atoms with Crippen LogP contribution in [0, 0.1) is 0 Å². The van der Waals surface area contributed by atoms with Crippen molar-refractivity contribution in [2.24, 2.45) is 5.73 Å². The van der Waals surface area contributed by atoms with Crippen molar-refractivity contribution >= 4 is 15.7 Å². The van der Waals surface area contributed by atoms with E-state index in [-0.39, 0.29) is 23.5 Å². The van der Waals surface area contributed by atoms with E-state index in [2.05, 4.69) is 0 Å². The van der Waals surface area contributed by atoms with Crippen LogP contribution in [0.5, 0.6) is 0 Å². The summed E-state index contributed by atoms with van der Waals surface area (Å²) >= 11 is 0. The molecule has 17 heavy (non-hydrogen) atoms. The van der Waals surface area contributed by atoms with Crippen LogP contribution in [0.3, 0.4) is 0 Å². The van der Waals surface area contributed by atoms with Crippen LogP contribution < -0.4 is 5.73 Å². The van der Waals surface area contributed by atoms with Crippen molar-refractivity contribution in [1.29, 1.82) is 0 Å². The van der Waals surface area contributed by atoms with Crippen molar-refractivity contribution < 1.29 is 13.2 Å². The van der Waals surface area contributed by atoms with Crippen LogP contribution in [0.15, 0.2) is 0 Å². The van der Waals surface area contributed by atoms with E-state index in [0.29, 0.717) is 13.0 Å². The molecule has 1 unspecified atom stereocenters. The smallest absolute Gasteiger partial charge is 0.242 e. The molecule has 0 bridgehead atoms. The van der Waals surface area contributed by atoms with Crippen LogP contribution in [0.25, 0.3) is 0 Å². The zero-order valence-corrected chi connectivity index (χ0v) is 11.0. The second kappa shape index (κ2) is 4.24. The van der Waals surface area contributed by atoms with Gasteiger partial charge >= 0.3 is 0 Å². The minimum atomic E-state index is -2.95. The Morgan fingerprint density at radius 2 is 2.12 bits per heavy atom. The third-order valence-electron chi connectivity index (χ3n) is 3.92. The monoisotopic (exact) mass is 260 g/mol. The van der Waals surface area contributed by atoms with Gasteiger partial charge in [0.05, 0.1) is 17.0 Å². The Bertz CT molecular complexity index is 414. The molecule has 1 amide bonds. The van der Waals surface area contributed by atoms with Crippen LogP contribution >= 0.6 is 0 Å². The summed E-state index contributed by atoms with van der Waals surface area (Å²) in [6.07, 6.45) is 2.99. The van der Waals surface area contributed by atoms with E-state index in [4.69, 9.17) is 5.73 Å². The number of sulfone groups is 1. The van der Waals surface area contributed by atoms with Gasteiger partial charge < -0.3 is 10.6 Å². The van der Waals surface area contributed by atoms with Gasteiger partial charge in [0.15, 0.2) is 9.84 Å². The average Bonchev–Trinajstić information content (AvgIpc) is 2.56. The number of rotatable bonds is 3. The van der Waals surface area contributed by atoms with E-state index in [0.717, 1.165) is 19.3 Å². The Morgan fingerprint density at radius 1 is 1.47 bits per heavy atom. The molecule has 2 rings (SSSR count). The Kier molecular flexibility index (Phi) is 3.20. The maximum absolute atomic E-state index is 12.3. The highest BCUT2D eigenvalue weighted by atomic mass is 32.2. The lowest BCUT2D eigenvalue weighted by Gasteiger charge is -2.42. The Hall–Kier alpha value is -0.620. The summed E-state index contributed by atoms with van der Waals surface area (Å²) in [7, 11) is -2.95. The summed E-state index contributed by atoms with van der Waals surface area (Å²) in [6.45, 7) is 2.42. The standard InChI is InChI=1S/C11H20N2O3S/c1-2-13(9-4-7-17(15,16)8-9)10(14)11(12)5-3-6-11/h9H,2-8,12H2,1H3. The minimum Gasteiger partial charge on any atom is -0.337 e. The lowest BCUT2D eigenvalue weighted by Crippen LogP contribution is -2.61. The summed E-state index contributed by atoms with van der Waals surface area (Å²) in [5.74, 6) is 0.232. The third kappa shape index (κ3) is 2.33. The summed E-state index contributed by atoms with van der Waals surface area (Å²) in [5, 5.41) is 0. The maximum atomic E-state index is 12.3. The van der Waals surface area contributed by atoms with Crippen LogP contribution in [-0.2, 0) is 14.6 Å². The third-order valence-corrected chi connectivity index (χ3v) is 5.67. The molecule has 0 aromatic heterocycles. The molecule has 0 aromatic rings. The van der Waals surface area contributed by atoms with Crippen molar-refractivity contribution in [3.8, 4) is 0 Å². The van der Waals surface area contributed by atoms with Crippen LogP contribution in [0.1, 0.15) is 32.6 Å². The number of amides is 1. The van der Waals surface area contributed by atoms with E-state index in [1.165, 1.54) is 0 Å². The molecular weight excluding hydrogens is 240 g/mol. The first-order chi connectivity index (χ1) is 7.88. The molecule has 1 saturated carbocycles. The largest absolute Gasteiger partial charge is 0.337 e. The van der Waals surface area contributed by atoms with Gasteiger partial charge in [0, 0.05) is 12.6 Å². The second-order valence-corrected chi connectivity index (χ2v) is 7.39. The molecule has 1 aliphatic carbocycles. The quantitative estimate of drug-likeness (QED) is 0.768. The molecule has 2 fully saturated rings. The fourth-order valence-electron chi connectivity index (χ4n) is 2.65. The zero-order chi connectivity index (χ0) is 12.7. The molecule has 1 saturated heterocycles. The molecule has 2 aliphatic rings. The van der Waals surface area contributed by atoms with Gasteiger partial charge in [0.1, 0.15) is 0 Å². The zero-order valence-electron chi connectivity index (χ0n) is 10.2. The first-order valence-corrected chi connectivity index (χ1v) is 8.00. The number of hydrogen-bond acceptors (Lipinski definition) is 4. The lowest BCUT2D eigenvalue weighted by molar-refractivity contribution is -0.141. The lowest BCUT2D eigenvalue weighted by atomic mass is 9.76. The van der Waals surface area contributed by atoms with Crippen molar-refractivity contribution in [2.75, 3.05) is 18.1 Å². The van der Waals surface area contributed by atoms with E-state index in [1.807, 2.05) is 6.92 Å². The normalized spacial score (nSPS) is 29.6.